The van der Waals surface area contributed by atoms with Crippen molar-refractivity contribution in [2.24, 2.45) is 0 Å². The maximum atomic E-state index is 12.2. The van der Waals surface area contributed by atoms with Crippen LogP contribution in [0.25, 0.3) is 0 Å². The first-order chi connectivity index (χ1) is 9.63. The molecule has 1 aliphatic heterocycles. The van der Waals surface area contributed by atoms with E-state index in [-0.39, 0.29) is 18.4 Å². The Kier molecular flexibility index (Phi) is 2.95. The smallest absolute Gasteiger partial charge is 0.255 e. The Morgan fingerprint density at radius 2 is 1.95 bits per heavy atom. The van der Waals surface area contributed by atoms with Crippen LogP contribution in [0.4, 0.5) is 5.69 Å². The highest BCUT2D eigenvalue weighted by Gasteiger charge is 2.16. The molecule has 1 amide bonds. The van der Waals surface area contributed by atoms with E-state index in [0.717, 1.165) is 5.56 Å². The van der Waals surface area contributed by atoms with Gasteiger partial charge < -0.3 is 19.9 Å². The molecule has 0 aliphatic carbocycles. The van der Waals surface area contributed by atoms with Crippen molar-refractivity contribution in [2.45, 2.75) is 6.92 Å². The van der Waals surface area contributed by atoms with Gasteiger partial charge in [0.25, 0.3) is 5.91 Å². The number of hydrogen-bond donors (Lipinski definition) is 2. The van der Waals surface area contributed by atoms with Crippen LogP contribution >= 0.6 is 0 Å². The lowest BCUT2D eigenvalue weighted by Gasteiger charge is -2.08. The number of aromatic hydroxyl groups is 1. The first-order valence-electron chi connectivity index (χ1n) is 6.14. The molecule has 2 aromatic carbocycles. The summed E-state index contributed by atoms with van der Waals surface area (Å²) in [7, 11) is 0. The van der Waals surface area contributed by atoms with Gasteiger partial charge in [0, 0.05) is 5.56 Å². The second-order valence-corrected chi connectivity index (χ2v) is 4.54. The third kappa shape index (κ3) is 2.25. The number of anilines is 1. The summed E-state index contributed by atoms with van der Waals surface area (Å²) in [5, 5.41) is 12.4. The molecule has 1 heterocycles. The zero-order valence-corrected chi connectivity index (χ0v) is 10.8. The number of aryl methyl sites for hydroxylation is 1. The van der Waals surface area contributed by atoms with Crippen LogP contribution < -0.4 is 14.8 Å². The fraction of sp³-hybridized carbons (Fsp3) is 0.133. The molecule has 0 bridgehead atoms. The van der Waals surface area contributed by atoms with Crippen LogP contribution in [0.5, 0.6) is 17.2 Å². The number of benzene rings is 2. The van der Waals surface area contributed by atoms with E-state index in [0.29, 0.717) is 22.7 Å². The zero-order chi connectivity index (χ0) is 14.1. The van der Waals surface area contributed by atoms with Crippen molar-refractivity contribution in [2.75, 3.05) is 12.1 Å². The minimum Gasteiger partial charge on any atom is -0.506 e. The lowest BCUT2D eigenvalue weighted by Crippen LogP contribution is -2.12. The van der Waals surface area contributed by atoms with Crippen LogP contribution in [0.15, 0.2) is 36.4 Å². The number of amides is 1. The summed E-state index contributed by atoms with van der Waals surface area (Å²) in [6, 6.07) is 9.98. The van der Waals surface area contributed by atoms with Crippen molar-refractivity contribution in [3.05, 3.63) is 47.5 Å². The summed E-state index contributed by atoms with van der Waals surface area (Å²) in [6.07, 6.45) is 0. The van der Waals surface area contributed by atoms with E-state index in [4.69, 9.17) is 9.47 Å². The Hall–Kier alpha value is -2.69. The average Bonchev–Trinajstić information content (AvgIpc) is 2.90. The van der Waals surface area contributed by atoms with Gasteiger partial charge in [-0.25, -0.2) is 0 Å². The number of nitrogens with one attached hydrogen (secondary N) is 1. The average molecular weight is 271 g/mol. The van der Waals surface area contributed by atoms with Crippen molar-refractivity contribution in [3.63, 3.8) is 0 Å². The number of fused-ring (bicyclic) bond motifs is 1. The first-order valence-corrected chi connectivity index (χ1v) is 6.14. The highest BCUT2D eigenvalue weighted by Crippen LogP contribution is 2.33. The fourth-order valence-corrected chi connectivity index (χ4v) is 1.98. The monoisotopic (exact) mass is 271 g/mol. The van der Waals surface area contributed by atoms with E-state index < -0.39 is 0 Å². The number of phenolic OH excluding ortho intramolecular Hbond substituents is 1. The zero-order valence-electron chi connectivity index (χ0n) is 10.8. The van der Waals surface area contributed by atoms with Crippen LogP contribution in [-0.4, -0.2) is 17.8 Å². The fourth-order valence-electron chi connectivity index (χ4n) is 1.98. The summed E-state index contributed by atoms with van der Waals surface area (Å²) < 4.78 is 10.4. The maximum absolute atomic E-state index is 12.2. The van der Waals surface area contributed by atoms with Crippen molar-refractivity contribution in [3.8, 4) is 17.2 Å². The van der Waals surface area contributed by atoms with E-state index in [1.807, 2.05) is 6.92 Å². The highest BCUT2D eigenvalue weighted by atomic mass is 16.7. The van der Waals surface area contributed by atoms with Gasteiger partial charge in [0.1, 0.15) is 5.75 Å². The van der Waals surface area contributed by atoms with Gasteiger partial charge in [0.15, 0.2) is 11.5 Å². The van der Waals surface area contributed by atoms with Gasteiger partial charge in [-0.1, -0.05) is 6.07 Å². The third-order valence-corrected chi connectivity index (χ3v) is 3.04. The number of carbonyl (C=O) groups is 1. The molecule has 5 heteroatoms. The quantitative estimate of drug-likeness (QED) is 0.824. The summed E-state index contributed by atoms with van der Waals surface area (Å²) in [5.74, 6) is 0.889. The van der Waals surface area contributed by atoms with Gasteiger partial charge in [-0.15, -0.1) is 0 Å². The third-order valence-electron chi connectivity index (χ3n) is 3.04. The molecule has 0 atom stereocenters. The number of rotatable bonds is 2. The van der Waals surface area contributed by atoms with Crippen LogP contribution in [0.1, 0.15) is 15.9 Å². The molecule has 0 aromatic heterocycles. The molecule has 0 fully saturated rings. The standard InChI is InChI=1S/C15H13NO4/c1-9-2-4-12(17)11(6-9)16-15(18)10-3-5-13-14(7-10)20-8-19-13/h2-7,17H,8H2,1H3,(H,16,18). The maximum Gasteiger partial charge on any atom is 0.255 e. The molecule has 1 aliphatic rings. The van der Waals surface area contributed by atoms with Crippen LogP contribution in [0, 0.1) is 6.92 Å². The SMILES string of the molecule is Cc1ccc(O)c(NC(=O)c2ccc3c(c2)OCO3)c1. The van der Waals surface area contributed by atoms with Gasteiger partial charge in [0.2, 0.25) is 6.79 Å². The Labute approximate surface area is 115 Å². The highest BCUT2D eigenvalue weighted by molar-refractivity contribution is 6.05. The molecule has 0 spiro atoms. The lowest BCUT2D eigenvalue weighted by atomic mass is 10.1. The molecule has 0 unspecified atom stereocenters. The van der Waals surface area contributed by atoms with Crippen molar-refractivity contribution in [1.82, 2.24) is 0 Å². The van der Waals surface area contributed by atoms with Gasteiger partial charge in [-0.3, -0.25) is 4.79 Å². The molecule has 102 valence electrons. The minimum atomic E-state index is -0.316. The lowest BCUT2D eigenvalue weighted by molar-refractivity contribution is 0.102. The molecule has 2 N–H and O–H groups in total. The second kappa shape index (κ2) is 4.77. The predicted molar refractivity (Wildman–Crippen MR) is 73.4 cm³/mol. The Morgan fingerprint density at radius 3 is 2.80 bits per heavy atom. The predicted octanol–water partition coefficient (Wildman–Crippen LogP) is 2.68. The number of hydrogen-bond acceptors (Lipinski definition) is 4. The van der Waals surface area contributed by atoms with Gasteiger partial charge in [-0.2, -0.15) is 0 Å². The largest absolute Gasteiger partial charge is 0.506 e. The molecule has 2 aromatic rings. The van der Waals surface area contributed by atoms with Crippen LogP contribution in [-0.2, 0) is 0 Å². The van der Waals surface area contributed by atoms with E-state index in [2.05, 4.69) is 5.32 Å². The first kappa shape index (κ1) is 12.3. The van der Waals surface area contributed by atoms with E-state index in [1.165, 1.54) is 0 Å². The number of carbonyl (C=O) groups excluding carboxylic acids is 1. The van der Waals surface area contributed by atoms with E-state index in [1.54, 1.807) is 36.4 Å². The molecule has 0 saturated heterocycles. The summed E-state index contributed by atoms with van der Waals surface area (Å²) >= 11 is 0. The van der Waals surface area contributed by atoms with Crippen LogP contribution in [0.3, 0.4) is 0 Å². The van der Waals surface area contributed by atoms with Crippen molar-refractivity contribution in [1.29, 1.82) is 0 Å². The molecule has 0 saturated carbocycles. The minimum absolute atomic E-state index is 0.0321. The van der Waals surface area contributed by atoms with Crippen LogP contribution in [0.2, 0.25) is 0 Å². The second-order valence-electron chi connectivity index (χ2n) is 4.54. The topological polar surface area (TPSA) is 67.8 Å². The van der Waals surface area contributed by atoms with Crippen molar-refractivity contribution >= 4 is 11.6 Å². The molecular weight excluding hydrogens is 258 g/mol. The van der Waals surface area contributed by atoms with Crippen molar-refractivity contribution < 1.29 is 19.4 Å². The van der Waals surface area contributed by atoms with Gasteiger partial charge in [0.05, 0.1) is 5.69 Å². The van der Waals surface area contributed by atoms with Gasteiger partial charge in [-0.05, 0) is 42.8 Å². The molecular formula is C15H13NO4. The summed E-state index contributed by atoms with van der Waals surface area (Å²) in [6.45, 7) is 2.05. The molecule has 0 radical (unpaired) electrons. The van der Waals surface area contributed by atoms with E-state index in [9.17, 15) is 9.90 Å². The molecule has 20 heavy (non-hydrogen) atoms. The number of ether oxygens (including phenoxy) is 2. The summed E-state index contributed by atoms with van der Waals surface area (Å²) in [5.41, 5.74) is 1.77. The summed E-state index contributed by atoms with van der Waals surface area (Å²) in [4.78, 5) is 12.2. The molecule has 5 nitrogen and oxygen atoms in total. The Bertz CT molecular complexity index is 682. The Balaban J connectivity index is 1.84. The van der Waals surface area contributed by atoms with Gasteiger partial charge >= 0.3 is 0 Å². The number of phenols is 1. The normalized spacial score (nSPS) is 12.2. The molecule has 3 rings (SSSR count). The van der Waals surface area contributed by atoms with E-state index >= 15 is 0 Å². The Morgan fingerprint density at radius 1 is 1.15 bits per heavy atom.